The average molecular weight is 301 g/mol. The first kappa shape index (κ1) is 14.6. The predicted molar refractivity (Wildman–Crippen MR) is 80.7 cm³/mol. The Bertz CT molecular complexity index is 775. The molecule has 1 atom stereocenters. The fourth-order valence-corrected chi connectivity index (χ4v) is 2.96. The van der Waals surface area contributed by atoms with Crippen molar-refractivity contribution in [3.05, 3.63) is 51.3 Å². The molecule has 0 aromatic carbocycles. The van der Waals surface area contributed by atoms with Gasteiger partial charge in [-0.3, -0.25) is 9.59 Å². The Kier molecular flexibility index (Phi) is 3.60. The van der Waals surface area contributed by atoms with E-state index < -0.39 is 0 Å². The zero-order valence-corrected chi connectivity index (χ0v) is 13.0. The van der Waals surface area contributed by atoms with E-state index in [0.29, 0.717) is 18.0 Å². The van der Waals surface area contributed by atoms with Gasteiger partial charge < -0.3 is 14.0 Å². The number of carbonyl (C=O) groups is 1. The van der Waals surface area contributed by atoms with Gasteiger partial charge in [0.25, 0.3) is 5.91 Å². The lowest BCUT2D eigenvalue weighted by atomic mass is 10.1. The molecule has 1 fully saturated rings. The van der Waals surface area contributed by atoms with Gasteiger partial charge in [0, 0.05) is 37.5 Å². The number of nitrogens with zero attached hydrogens (tertiary/aromatic N) is 3. The van der Waals surface area contributed by atoms with Crippen molar-refractivity contribution in [2.75, 3.05) is 6.54 Å². The van der Waals surface area contributed by atoms with E-state index in [1.54, 1.807) is 16.5 Å². The van der Waals surface area contributed by atoms with E-state index in [-0.39, 0.29) is 17.4 Å². The number of carbonyl (C=O) groups excluding carboxylic acids is 1. The van der Waals surface area contributed by atoms with E-state index in [1.807, 2.05) is 19.9 Å². The van der Waals surface area contributed by atoms with Gasteiger partial charge >= 0.3 is 0 Å². The Morgan fingerprint density at radius 3 is 2.77 bits per heavy atom. The second-order valence-corrected chi connectivity index (χ2v) is 5.80. The molecule has 22 heavy (non-hydrogen) atoms. The van der Waals surface area contributed by atoms with Crippen LogP contribution in [0.25, 0.3) is 0 Å². The van der Waals surface area contributed by atoms with Crippen molar-refractivity contribution in [3.63, 3.8) is 0 Å². The van der Waals surface area contributed by atoms with E-state index in [4.69, 9.17) is 4.52 Å². The van der Waals surface area contributed by atoms with Crippen LogP contribution in [0.15, 0.2) is 27.5 Å². The molecule has 116 valence electrons. The molecule has 1 aliphatic rings. The van der Waals surface area contributed by atoms with Crippen LogP contribution in [0.2, 0.25) is 0 Å². The first-order valence-electron chi connectivity index (χ1n) is 7.39. The summed E-state index contributed by atoms with van der Waals surface area (Å²) in [5.41, 5.74) is 1.83. The summed E-state index contributed by atoms with van der Waals surface area (Å²) in [7, 11) is 1.80. The van der Waals surface area contributed by atoms with Crippen LogP contribution < -0.4 is 5.43 Å². The topological polar surface area (TPSA) is 68.3 Å². The summed E-state index contributed by atoms with van der Waals surface area (Å²) in [6.45, 7) is 4.34. The van der Waals surface area contributed by atoms with Crippen LogP contribution in [-0.2, 0) is 7.05 Å². The summed E-state index contributed by atoms with van der Waals surface area (Å²) in [4.78, 5) is 26.4. The molecule has 0 N–H and O–H groups in total. The molecule has 1 aliphatic heterocycles. The summed E-state index contributed by atoms with van der Waals surface area (Å²) in [5, 5.41) is 3.91. The highest BCUT2D eigenvalue weighted by Gasteiger charge is 2.34. The Morgan fingerprint density at radius 2 is 2.09 bits per heavy atom. The monoisotopic (exact) mass is 301 g/mol. The van der Waals surface area contributed by atoms with Crippen LogP contribution in [0, 0.1) is 13.8 Å². The minimum atomic E-state index is -0.148. The van der Waals surface area contributed by atoms with Gasteiger partial charge in [-0.05, 0) is 26.7 Å². The maximum Gasteiger partial charge on any atom is 0.271 e. The number of aryl methyl sites for hydroxylation is 2. The quantitative estimate of drug-likeness (QED) is 0.850. The van der Waals surface area contributed by atoms with E-state index in [1.165, 1.54) is 12.1 Å². The highest BCUT2D eigenvalue weighted by molar-refractivity contribution is 5.93. The van der Waals surface area contributed by atoms with E-state index in [0.717, 1.165) is 24.2 Å². The molecule has 2 aromatic heterocycles. The van der Waals surface area contributed by atoms with Gasteiger partial charge in [0.1, 0.15) is 5.69 Å². The van der Waals surface area contributed by atoms with Crippen LogP contribution in [0.1, 0.15) is 46.5 Å². The fourth-order valence-electron chi connectivity index (χ4n) is 2.96. The van der Waals surface area contributed by atoms with Crippen LogP contribution in [0.3, 0.4) is 0 Å². The van der Waals surface area contributed by atoms with Gasteiger partial charge in [0.15, 0.2) is 11.2 Å². The number of aromatic nitrogens is 2. The standard InChI is InChI=1S/C16H19N3O3/c1-10-7-15(22-17-10)13-5-4-6-19(13)16(21)14-9-12(20)8-11(2)18(14)3/h7-9,13H,4-6H2,1-3H3. The molecule has 0 spiro atoms. The van der Waals surface area contributed by atoms with Crippen molar-refractivity contribution in [1.82, 2.24) is 14.6 Å². The van der Waals surface area contributed by atoms with Gasteiger partial charge in [0.2, 0.25) is 0 Å². The lowest BCUT2D eigenvalue weighted by Gasteiger charge is -2.24. The molecule has 3 rings (SSSR count). The Balaban J connectivity index is 1.96. The number of pyridine rings is 1. The summed E-state index contributed by atoms with van der Waals surface area (Å²) in [6, 6.07) is 4.68. The molecule has 1 amide bonds. The summed E-state index contributed by atoms with van der Waals surface area (Å²) >= 11 is 0. The maximum atomic E-state index is 12.9. The van der Waals surface area contributed by atoms with Crippen molar-refractivity contribution in [3.8, 4) is 0 Å². The minimum Gasteiger partial charge on any atom is -0.359 e. The normalized spacial score (nSPS) is 18.0. The Morgan fingerprint density at radius 1 is 1.32 bits per heavy atom. The molecule has 2 aromatic rings. The molecule has 1 saturated heterocycles. The molecular formula is C16H19N3O3. The molecular weight excluding hydrogens is 282 g/mol. The molecule has 0 saturated carbocycles. The SMILES string of the molecule is Cc1cc(C2CCCN2C(=O)c2cc(=O)cc(C)n2C)on1. The smallest absolute Gasteiger partial charge is 0.271 e. The van der Waals surface area contributed by atoms with Crippen LogP contribution in [0.5, 0.6) is 0 Å². The van der Waals surface area contributed by atoms with Gasteiger partial charge in [-0.1, -0.05) is 5.16 Å². The van der Waals surface area contributed by atoms with Crippen LogP contribution in [0.4, 0.5) is 0 Å². The number of rotatable bonds is 2. The molecule has 0 radical (unpaired) electrons. The highest BCUT2D eigenvalue weighted by Crippen LogP contribution is 2.33. The minimum absolute atomic E-state index is 0.107. The van der Waals surface area contributed by atoms with Gasteiger partial charge in [-0.25, -0.2) is 0 Å². The third kappa shape index (κ3) is 2.45. The Hall–Kier alpha value is -2.37. The molecule has 6 nitrogen and oxygen atoms in total. The van der Waals surface area contributed by atoms with Gasteiger partial charge in [-0.15, -0.1) is 0 Å². The van der Waals surface area contributed by atoms with E-state index >= 15 is 0 Å². The zero-order chi connectivity index (χ0) is 15.9. The van der Waals surface area contributed by atoms with Crippen molar-refractivity contribution in [2.45, 2.75) is 32.7 Å². The first-order valence-corrected chi connectivity index (χ1v) is 7.39. The average Bonchev–Trinajstić information content (AvgIpc) is 3.10. The summed E-state index contributed by atoms with van der Waals surface area (Å²) < 4.78 is 7.08. The zero-order valence-electron chi connectivity index (χ0n) is 13.0. The second-order valence-electron chi connectivity index (χ2n) is 5.80. The van der Waals surface area contributed by atoms with Crippen LogP contribution in [-0.4, -0.2) is 27.1 Å². The molecule has 3 heterocycles. The fraction of sp³-hybridized carbons (Fsp3) is 0.438. The first-order chi connectivity index (χ1) is 10.5. The third-order valence-corrected chi connectivity index (χ3v) is 4.23. The highest BCUT2D eigenvalue weighted by atomic mass is 16.5. The summed E-state index contributed by atoms with van der Waals surface area (Å²) in [6.07, 6.45) is 1.76. The maximum absolute atomic E-state index is 12.9. The Labute approximate surface area is 128 Å². The van der Waals surface area contributed by atoms with Crippen LogP contribution >= 0.6 is 0 Å². The molecule has 0 bridgehead atoms. The van der Waals surface area contributed by atoms with Crippen molar-refractivity contribution in [1.29, 1.82) is 0 Å². The number of amides is 1. The molecule has 0 aliphatic carbocycles. The van der Waals surface area contributed by atoms with E-state index in [2.05, 4.69) is 5.16 Å². The predicted octanol–water partition coefficient (Wildman–Crippen LogP) is 1.97. The number of hydrogen-bond acceptors (Lipinski definition) is 4. The van der Waals surface area contributed by atoms with Gasteiger partial charge in [-0.2, -0.15) is 0 Å². The van der Waals surface area contributed by atoms with Crippen molar-refractivity contribution in [2.24, 2.45) is 7.05 Å². The lowest BCUT2D eigenvalue weighted by molar-refractivity contribution is 0.0703. The largest absolute Gasteiger partial charge is 0.359 e. The van der Waals surface area contributed by atoms with Gasteiger partial charge in [0.05, 0.1) is 11.7 Å². The lowest BCUT2D eigenvalue weighted by Crippen LogP contribution is -2.33. The third-order valence-electron chi connectivity index (χ3n) is 4.23. The van der Waals surface area contributed by atoms with Crippen molar-refractivity contribution >= 4 is 5.91 Å². The number of hydrogen-bond donors (Lipinski definition) is 0. The molecule has 6 heteroatoms. The molecule has 1 unspecified atom stereocenters. The van der Waals surface area contributed by atoms with E-state index in [9.17, 15) is 9.59 Å². The summed E-state index contributed by atoms with van der Waals surface area (Å²) in [5.74, 6) is 0.570. The second kappa shape index (κ2) is 5.44. The number of likely N-dealkylation sites (tertiary alicyclic amines) is 1. The van der Waals surface area contributed by atoms with Crippen molar-refractivity contribution < 1.29 is 9.32 Å².